The summed E-state index contributed by atoms with van der Waals surface area (Å²) in [5.74, 6) is -4.10. The van der Waals surface area contributed by atoms with E-state index in [0.717, 1.165) is 23.4 Å². The van der Waals surface area contributed by atoms with Gasteiger partial charge < -0.3 is 5.32 Å². The van der Waals surface area contributed by atoms with Gasteiger partial charge in [-0.05, 0) is 62.2 Å². The number of amides is 1. The highest BCUT2D eigenvalue weighted by Gasteiger charge is 2.43. The SMILES string of the molecule is CC1CCC(C(=O)NCc2cc(-c3ccc(C(C)(F)F)nc3)ncn2)N1S(=O)(=O)c1ccc(F)cc1. The fourth-order valence-electron chi connectivity index (χ4n) is 4.09. The first kappa shape index (κ1) is 25.7. The van der Waals surface area contributed by atoms with E-state index in [-0.39, 0.29) is 17.1 Å². The summed E-state index contributed by atoms with van der Waals surface area (Å²) >= 11 is 0. The highest BCUT2D eigenvalue weighted by Crippen LogP contribution is 2.31. The van der Waals surface area contributed by atoms with Gasteiger partial charge in [0.15, 0.2) is 0 Å². The van der Waals surface area contributed by atoms with Gasteiger partial charge in [0.25, 0.3) is 5.92 Å². The van der Waals surface area contributed by atoms with Gasteiger partial charge in [0.2, 0.25) is 15.9 Å². The predicted molar refractivity (Wildman–Crippen MR) is 125 cm³/mol. The van der Waals surface area contributed by atoms with Crippen LogP contribution in [0.4, 0.5) is 13.2 Å². The van der Waals surface area contributed by atoms with E-state index in [1.54, 1.807) is 13.0 Å². The minimum Gasteiger partial charge on any atom is -0.349 e. The highest BCUT2D eigenvalue weighted by atomic mass is 32.2. The summed E-state index contributed by atoms with van der Waals surface area (Å²) in [5, 5.41) is 2.72. The summed E-state index contributed by atoms with van der Waals surface area (Å²) in [6.45, 7) is 2.48. The molecule has 1 N–H and O–H groups in total. The Hall–Kier alpha value is -3.38. The number of rotatable bonds is 7. The molecule has 1 aromatic carbocycles. The standard InChI is InChI=1S/C24H24F3N5O3S/c1-15-3-9-21(32(15)36(34,35)19-7-5-17(25)6-8-19)23(33)29-13-18-11-20(31-14-30-18)16-4-10-22(28-12-16)24(2,26)27/h4-8,10-12,14-15,21H,3,9,13H2,1-2H3,(H,29,33). The topological polar surface area (TPSA) is 105 Å². The van der Waals surface area contributed by atoms with Gasteiger partial charge in [0.05, 0.1) is 22.8 Å². The van der Waals surface area contributed by atoms with Crippen molar-refractivity contribution in [3.63, 3.8) is 0 Å². The minimum absolute atomic E-state index is 0.00220. The summed E-state index contributed by atoms with van der Waals surface area (Å²) < 4.78 is 67.6. The third-order valence-corrected chi connectivity index (χ3v) is 8.00. The second-order valence-corrected chi connectivity index (χ2v) is 10.5. The number of nitrogens with zero attached hydrogens (tertiary/aromatic N) is 4. The molecule has 8 nitrogen and oxygen atoms in total. The number of halogens is 3. The van der Waals surface area contributed by atoms with Gasteiger partial charge in [-0.1, -0.05) is 0 Å². The molecule has 2 unspecified atom stereocenters. The molecule has 1 amide bonds. The Morgan fingerprint density at radius 3 is 2.47 bits per heavy atom. The summed E-state index contributed by atoms with van der Waals surface area (Å²) in [7, 11) is -4.02. The van der Waals surface area contributed by atoms with Crippen LogP contribution in [0.5, 0.6) is 0 Å². The Kier molecular flexibility index (Phi) is 7.10. The smallest absolute Gasteiger partial charge is 0.286 e. The second kappa shape index (κ2) is 9.94. The summed E-state index contributed by atoms with van der Waals surface area (Å²) in [5.41, 5.74) is 1.01. The van der Waals surface area contributed by atoms with Crippen LogP contribution < -0.4 is 5.32 Å². The molecule has 2 atom stereocenters. The summed E-state index contributed by atoms with van der Waals surface area (Å²) in [4.78, 5) is 25.0. The number of sulfonamides is 1. The van der Waals surface area contributed by atoms with Crippen molar-refractivity contribution in [2.45, 2.75) is 56.1 Å². The van der Waals surface area contributed by atoms with Crippen LogP contribution in [0.3, 0.4) is 0 Å². The fourth-order valence-corrected chi connectivity index (χ4v) is 5.93. The molecule has 36 heavy (non-hydrogen) atoms. The van der Waals surface area contributed by atoms with Crippen molar-refractivity contribution in [3.8, 4) is 11.3 Å². The van der Waals surface area contributed by atoms with Crippen molar-refractivity contribution in [3.05, 3.63) is 72.2 Å². The first-order valence-corrected chi connectivity index (χ1v) is 12.6. The Labute approximate surface area is 206 Å². The average molecular weight is 520 g/mol. The predicted octanol–water partition coefficient (Wildman–Crippen LogP) is 3.65. The van der Waals surface area contributed by atoms with Crippen LogP contribution >= 0.6 is 0 Å². The Bertz CT molecular complexity index is 1350. The molecule has 2 aromatic heterocycles. The lowest BCUT2D eigenvalue weighted by atomic mass is 10.1. The van der Waals surface area contributed by atoms with Crippen molar-refractivity contribution < 1.29 is 26.4 Å². The molecule has 1 fully saturated rings. The number of hydrogen-bond acceptors (Lipinski definition) is 6. The van der Waals surface area contributed by atoms with Gasteiger partial charge in [-0.15, -0.1) is 0 Å². The van der Waals surface area contributed by atoms with Crippen LogP contribution in [0.1, 0.15) is 38.1 Å². The van der Waals surface area contributed by atoms with Crippen LogP contribution in [-0.4, -0.2) is 45.7 Å². The van der Waals surface area contributed by atoms with Crippen molar-refractivity contribution in [1.29, 1.82) is 0 Å². The maximum absolute atomic E-state index is 13.4. The van der Waals surface area contributed by atoms with Gasteiger partial charge >= 0.3 is 0 Å². The van der Waals surface area contributed by atoms with E-state index in [2.05, 4.69) is 20.3 Å². The molecular formula is C24H24F3N5O3S. The normalized spacial score (nSPS) is 18.8. The maximum Gasteiger partial charge on any atom is 0.286 e. The molecule has 12 heteroatoms. The van der Waals surface area contributed by atoms with Crippen molar-refractivity contribution in [1.82, 2.24) is 24.6 Å². The van der Waals surface area contributed by atoms with Crippen LogP contribution in [0.25, 0.3) is 11.3 Å². The third-order valence-electron chi connectivity index (χ3n) is 5.97. The zero-order valence-corrected chi connectivity index (χ0v) is 20.3. The van der Waals surface area contributed by atoms with Crippen LogP contribution in [-0.2, 0) is 27.3 Å². The number of aromatic nitrogens is 3. The zero-order chi connectivity index (χ0) is 26.1. The molecule has 3 aromatic rings. The lowest BCUT2D eigenvalue weighted by Gasteiger charge is -2.27. The van der Waals surface area contributed by atoms with Crippen molar-refractivity contribution in [2.75, 3.05) is 0 Å². The molecule has 0 spiro atoms. The van der Waals surface area contributed by atoms with Crippen LogP contribution in [0.2, 0.25) is 0 Å². The number of pyridine rings is 1. The molecule has 3 heterocycles. The highest BCUT2D eigenvalue weighted by molar-refractivity contribution is 7.89. The Morgan fingerprint density at radius 2 is 1.83 bits per heavy atom. The Morgan fingerprint density at radius 1 is 1.11 bits per heavy atom. The van der Waals surface area contributed by atoms with E-state index in [4.69, 9.17) is 0 Å². The van der Waals surface area contributed by atoms with Crippen LogP contribution in [0.15, 0.2) is 59.9 Å². The lowest BCUT2D eigenvalue weighted by Crippen LogP contribution is -2.48. The molecule has 190 valence electrons. The van der Waals surface area contributed by atoms with E-state index >= 15 is 0 Å². The van der Waals surface area contributed by atoms with Gasteiger partial charge in [-0.25, -0.2) is 22.8 Å². The molecule has 0 radical (unpaired) electrons. The molecule has 0 saturated carbocycles. The average Bonchev–Trinajstić information content (AvgIpc) is 3.25. The lowest BCUT2D eigenvalue weighted by molar-refractivity contribution is -0.124. The van der Waals surface area contributed by atoms with E-state index in [1.807, 2.05) is 0 Å². The van der Waals surface area contributed by atoms with Crippen molar-refractivity contribution in [2.24, 2.45) is 0 Å². The second-order valence-electron chi connectivity index (χ2n) is 8.66. The number of hydrogen-bond donors (Lipinski definition) is 1. The first-order valence-electron chi connectivity index (χ1n) is 11.2. The number of carbonyl (C=O) groups is 1. The van der Waals surface area contributed by atoms with Crippen molar-refractivity contribution >= 4 is 15.9 Å². The number of nitrogens with one attached hydrogen (secondary N) is 1. The minimum atomic E-state index is -4.02. The van der Waals surface area contributed by atoms with Gasteiger partial charge in [0.1, 0.15) is 23.9 Å². The summed E-state index contributed by atoms with van der Waals surface area (Å²) in [6, 6.07) is 7.42. The molecule has 0 bridgehead atoms. The first-order chi connectivity index (χ1) is 17.0. The molecular weight excluding hydrogens is 495 g/mol. The van der Waals surface area contributed by atoms with Crippen LogP contribution in [0, 0.1) is 5.82 Å². The monoisotopic (exact) mass is 519 g/mol. The number of benzene rings is 1. The van der Waals surface area contributed by atoms with E-state index in [9.17, 15) is 26.4 Å². The Balaban J connectivity index is 1.47. The molecule has 0 aliphatic carbocycles. The molecule has 1 aliphatic heterocycles. The fraction of sp³-hybridized carbons (Fsp3) is 0.333. The number of alkyl halides is 2. The molecule has 4 rings (SSSR count). The van der Waals surface area contributed by atoms with Gasteiger partial charge in [0, 0.05) is 24.7 Å². The number of carbonyl (C=O) groups excluding carboxylic acids is 1. The van der Waals surface area contributed by atoms with E-state index in [1.165, 1.54) is 36.8 Å². The maximum atomic E-state index is 13.4. The zero-order valence-electron chi connectivity index (χ0n) is 19.5. The largest absolute Gasteiger partial charge is 0.349 e. The van der Waals surface area contributed by atoms with Gasteiger partial charge in [-0.2, -0.15) is 13.1 Å². The van der Waals surface area contributed by atoms with E-state index in [0.29, 0.717) is 29.8 Å². The molecule has 1 aliphatic rings. The quantitative estimate of drug-likeness (QED) is 0.511. The third kappa shape index (κ3) is 5.39. The molecule has 1 saturated heterocycles. The summed E-state index contributed by atoms with van der Waals surface area (Å²) in [6.07, 6.45) is 3.40. The van der Waals surface area contributed by atoms with E-state index < -0.39 is 39.8 Å². The van der Waals surface area contributed by atoms with Gasteiger partial charge in [-0.3, -0.25) is 9.78 Å².